The summed E-state index contributed by atoms with van der Waals surface area (Å²) >= 11 is 0. The number of anilines is 1. The van der Waals surface area contributed by atoms with E-state index in [-0.39, 0.29) is 0 Å². The Bertz CT molecular complexity index is 369. The first kappa shape index (κ1) is 10.1. The summed E-state index contributed by atoms with van der Waals surface area (Å²) in [6.07, 6.45) is 2.70. The van der Waals surface area contributed by atoms with Crippen molar-refractivity contribution in [1.29, 1.82) is 0 Å². The van der Waals surface area contributed by atoms with E-state index in [1.54, 1.807) is 0 Å². The lowest BCUT2D eigenvalue weighted by Gasteiger charge is -2.45. The molecule has 4 heterocycles. The number of nitrogens with zero attached hydrogens (tertiary/aromatic N) is 2. The molecule has 0 amide bonds. The van der Waals surface area contributed by atoms with E-state index in [1.807, 2.05) is 13.0 Å². The van der Waals surface area contributed by atoms with Crippen LogP contribution >= 0.6 is 0 Å². The Morgan fingerprint density at radius 1 is 1.31 bits per heavy atom. The van der Waals surface area contributed by atoms with Crippen molar-refractivity contribution in [3.8, 4) is 0 Å². The fourth-order valence-electron chi connectivity index (χ4n) is 2.94. The standard InChI is InChI=1S/C13H19N3/c1-10-3-2-4-13(14-10)15-12-9-16-7-5-11(12)6-8-16/h2-4,11-12H,5-9H2,1H3,(H,14,15). The molecule has 1 N–H and O–H groups in total. The van der Waals surface area contributed by atoms with Crippen LogP contribution in [-0.2, 0) is 0 Å². The summed E-state index contributed by atoms with van der Waals surface area (Å²) in [5.41, 5.74) is 1.09. The molecular weight excluding hydrogens is 198 g/mol. The van der Waals surface area contributed by atoms with Gasteiger partial charge in [0.1, 0.15) is 5.82 Å². The largest absolute Gasteiger partial charge is 0.366 e. The molecule has 1 aromatic heterocycles. The number of nitrogens with one attached hydrogen (secondary N) is 1. The van der Waals surface area contributed by atoms with Gasteiger partial charge in [-0.15, -0.1) is 0 Å². The minimum atomic E-state index is 0.608. The Kier molecular flexibility index (Phi) is 2.56. The van der Waals surface area contributed by atoms with Crippen molar-refractivity contribution in [3.63, 3.8) is 0 Å². The van der Waals surface area contributed by atoms with E-state index in [4.69, 9.17) is 0 Å². The lowest BCUT2D eigenvalue weighted by Crippen LogP contribution is -2.53. The number of piperidine rings is 3. The van der Waals surface area contributed by atoms with E-state index in [0.717, 1.165) is 17.4 Å². The third kappa shape index (κ3) is 1.92. The van der Waals surface area contributed by atoms with E-state index >= 15 is 0 Å². The lowest BCUT2D eigenvalue weighted by atomic mass is 9.84. The van der Waals surface area contributed by atoms with Crippen LogP contribution in [0.15, 0.2) is 18.2 Å². The normalized spacial score (nSPS) is 32.7. The van der Waals surface area contributed by atoms with Gasteiger partial charge in [-0.25, -0.2) is 4.98 Å². The lowest BCUT2D eigenvalue weighted by molar-refractivity contribution is 0.0974. The van der Waals surface area contributed by atoms with E-state index in [1.165, 1.54) is 32.5 Å². The van der Waals surface area contributed by atoms with E-state index in [0.29, 0.717) is 6.04 Å². The van der Waals surface area contributed by atoms with Crippen molar-refractivity contribution in [3.05, 3.63) is 23.9 Å². The molecule has 4 rings (SSSR count). The Balaban J connectivity index is 1.71. The van der Waals surface area contributed by atoms with Crippen LogP contribution in [0.25, 0.3) is 0 Å². The number of rotatable bonds is 2. The van der Waals surface area contributed by atoms with Gasteiger partial charge in [0.05, 0.1) is 0 Å². The van der Waals surface area contributed by atoms with Crippen LogP contribution in [0.3, 0.4) is 0 Å². The van der Waals surface area contributed by atoms with Crippen molar-refractivity contribution in [2.24, 2.45) is 5.92 Å². The number of hydrogen-bond donors (Lipinski definition) is 1. The molecule has 16 heavy (non-hydrogen) atoms. The van der Waals surface area contributed by atoms with Crippen molar-refractivity contribution < 1.29 is 0 Å². The molecule has 3 aliphatic heterocycles. The highest BCUT2D eigenvalue weighted by molar-refractivity contribution is 5.37. The maximum atomic E-state index is 4.52. The molecule has 0 spiro atoms. The topological polar surface area (TPSA) is 28.2 Å². The maximum absolute atomic E-state index is 4.52. The van der Waals surface area contributed by atoms with Gasteiger partial charge in [-0.05, 0) is 50.9 Å². The Labute approximate surface area is 96.9 Å². The molecule has 3 nitrogen and oxygen atoms in total. The maximum Gasteiger partial charge on any atom is 0.126 e. The first-order valence-corrected chi connectivity index (χ1v) is 6.24. The minimum Gasteiger partial charge on any atom is -0.366 e. The summed E-state index contributed by atoms with van der Waals surface area (Å²) in [5.74, 6) is 1.89. The number of aryl methyl sites for hydroxylation is 1. The molecule has 3 saturated heterocycles. The highest BCUT2D eigenvalue weighted by atomic mass is 15.2. The van der Waals surface area contributed by atoms with E-state index < -0.39 is 0 Å². The molecule has 86 valence electrons. The quantitative estimate of drug-likeness (QED) is 0.820. The molecule has 0 aliphatic carbocycles. The molecule has 3 heteroatoms. The fourth-order valence-corrected chi connectivity index (χ4v) is 2.94. The van der Waals surface area contributed by atoms with Gasteiger partial charge in [0.15, 0.2) is 0 Å². The summed E-state index contributed by atoms with van der Waals surface area (Å²) in [6.45, 7) is 5.83. The summed E-state index contributed by atoms with van der Waals surface area (Å²) in [4.78, 5) is 7.08. The minimum absolute atomic E-state index is 0.608. The molecule has 1 unspecified atom stereocenters. The Morgan fingerprint density at radius 3 is 2.75 bits per heavy atom. The van der Waals surface area contributed by atoms with Crippen molar-refractivity contribution in [1.82, 2.24) is 9.88 Å². The van der Waals surface area contributed by atoms with Crippen LogP contribution in [0.1, 0.15) is 18.5 Å². The van der Waals surface area contributed by atoms with Crippen LogP contribution in [-0.4, -0.2) is 35.6 Å². The summed E-state index contributed by atoms with van der Waals surface area (Å²) in [6, 6.07) is 6.80. The summed E-state index contributed by atoms with van der Waals surface area (Å²) in [5, 5.41) is 3.60. The number of fused-ring (bicyclic) bond motifs is 3. The molecule has 2 bridgehead atoms. The van der Waals surface area contributed by atoms with Crippen LogP contribution in [0.5, 0.6) is 0 Å². The van der Waals surface area contributed by atoms with Crippen LogP contribution < -0.4 is 5.32 Å². The Morgan fingerprint density at radius 2 is 2.12 bits per heavy atom. The Hall–Kier alpha value is -1.09. The first-order valence-electron chi connectivity index (χ1n) is 6.24. The highest BCUT2D eigenvalue weighted by Crippen LogP contribution is 2.29. The molecule has 0 saturated carbocycles. The zero-order chi connectivity index (χ0) is 11.0. The average molecular weight is 217 g/mol. The van der Waals surface area contributed by atoms with Gasteiger partial charge in [0, 0.05) is 18.3 Å². The number of pyridine rings is 1. The molecule has 1 atom stereocenters. The fraction of sp³-hybridized carbons (Fsp3) is 0.615. The molecular formula is C13H19N3. The second-order valence-corrected chi connectivity index (χ2v) is 5.05. The smallest absolute Gasteiger partial charge is 0.126 e. The van der Waals surface area contributed by atoms with Gasteiger partial charge in [-0.2, -0.15) is 0 Å². The predicted molar refractivity (Wildman–Crippen MR) is 65.5 cm³/mol. The van der Waals surface area contributed by atoms with E-state index in [9.17, 15) is 0 Å². The summed E-state index contributed by atoms with van der Waals surface area (Å²) < 4.78 is 0. The number of aromatic nitrogens is 1. The van der Waals surface area contributed by atoms with Gasteiger partial charge in [0.25, 0.3) is 0 Å². The SMILES string of the molecule is Cc1cccc(NC2CN3CCC2CC3)n1. The second-order valence-electron chi connectivity index (χ2n) is 5.05. The molecule has 1 aromatic rings. The average Bonchev–Trinajstić information content (AvgIpc) is 2.30. The van der Waals surface area contributed by atoms with Crippen molar-refractivity contribution in [2.45, 2.75) is 25.8 Å². The van der Waals surface area contributed by atoms with Gasteiger partial charge >= 0.3 is 0 Å². The van der Waals surface area contributed by atoms with Gasteiger partial charge in [-0.1, -0.05) is 6.07 Å². The van der Waals surface area contributed by atoms with Crippen molar-refractivity contribution in [2.75, 3.05) is 25.0 Å². The number of hydrogen-bond acceptors (Lipinski definition) is 3. The zero-order valence-electron chi connectivity index (χ0n) is 9.82. The first-order chi connectivity index (χ1) is 7.81. The second kappa shape index (κ2) is 4.06. The highest BCUT2D eigenvalue weighted by Gasteiger charge is 2.33. The third-order valence-corrected chi connectivity index (χ3v) is 3.88. The van der Waals surface area contributed by atoms with Gasteiger partial charge in [0.2, 0.25) is 0 Å². The van der Waals surface area contributed by atoms with Crippen LogP contribution in [0.2, 0.25) is 0 Å². The van der Waals surface area contributed by atoms with Gasteiger partial charge < -0.3 is 10.2 Å². The van der Waals surface area contributed by atoms with Crippen LogP contribution in [0.4, 0.5) is 5.82 Å². The predicted octanol–water partition coefficient (Wildman–Crippen LogP) is 1.90. The molecule has 3 aliphatic rings. The molecule has 3 fully saturated rings. The zero-order valence-corrected chi connectivity index (χ0v) is 9.82. The van der Waals surface area contributed by atoms with Crippen molar-refractivity contribution >= 4 is 5.82 Å². The van der Waals surface area contributed by atoms with Gasteiger partial charge in [-0.3, -0.25) is 0 Å². The molecule has 0 aromatic carbocycles. The third-order valence-electron chi connectivity index (χ3n) is 3.88. The summed E-state index contributed by atoms with van der Waals surface area (Å²) in [7, 11) is 0. The molecule has 0 radical (unpaired) electrons. The monoisotopic (exact) mass is 217 g/mol. The van der Waals surface area contributed by atoms with Crippen LogP contribution in [0, 0.1) is 12.8 Å². The van der Waals surface area contributed by atoms with E-state index in [2.05, 4.69) is 27.3 Å².